The molecule has 172 valence electrons. The molecule has 0 saturated carbocycles. The van der Waals surface area contributed by atoms with E-state index in [0.717, 1.165) is 16.8 Å². The second-order valence-electron chi connectivity index (χ2n) is 7.93. The number of aromatic amines is 1. The van der Waals surface area contributed by atoms with Crippen LogP contribution in [0.25, 0.3) is 11.1 Å². The number of hydrogen-bond acceptors (Lipinski definition) is 6. The Bertz CT molecular complexity index is 1120. The van der Waals surface area contributed by atoms with Crippen molar-refractivity contribution in [2.45, 2.75) is 32.5 Å². The maximum atomic E-state index is 14.9. The Kier molecular flexibility index (Phi) is 6.64. The van der Waals surface area contributed by atoms with Crippen molar-refractivity contribution in [2.75, 3.05) is 18.0 Å². The molecule has 1 unspecified atom stereocenters. The minimum absolute atomic E-state index is 0.0692. The summed E-state index contributed by atoms with van der Waals surface area (Å²) in [5.41, 5.74) is 3.55. The van der Waals surface area contributed by atoms with Crippen molar-refractivity contribution in [3.05, 3.63) is 65.7 Å². The van der Waals surface area contributed by atoms with E-state index in [0.29, 0.717) is 17.8 Å². The molecule has 1 aliphatic heterocycles. The highest BCUT2D eigenvalue weighted by Crippen LogP contribution is 2.29. The minimum atomic E-state index is -0.561. The molecular formula is C23H25FN6O3. The highest BCUT2D eigenvalue weighted by molar-refractivity contribution is 5.90. The van der Waals surface area contributed by atoms with Gasteiger partial charge in [-0.1, -0.05) is 29.5 Å². The van der Waals surface area contributed by atoms with Gasteiger partial charge in [0.1, 0.15) is 11.9 Å². The number of aromatic nitrogens is 3. The van der Waals surface area contributed by atoms with Crippen molar-refractivity contribution in [1.29, 1.82) is 0 Å². The van der Waals surface area contributed by atoms with Crippen LogP contribution in [0.15, 0.2) is 48.7 Å². The summed E-state index contributed by atoms with van der Waals surface area (Å²) < 4.78 is 20.2. The average molecular weight is 452 g/mol. The van der Waals surface area contributed by atoms with Crippen molar-refractivity contribution in [1.82, 2.24) is 26.0 Å². The van der Waals surface area contributed by atoms with Crippen LogP contribution >= 0.6 is 0 Å². The minimum Gasteiger partial charge on any atom is -0.442 e. The molecule has 1 fully saturated rings. The number of H-pyrrole nitrogens is 1. The summed E-state index contributed by atoms with van der Waals surface area (Å²) in [5, 5.41) is 16.3. The predicted octanol–water partition coefficient (Wildman–Crippen LogP) is 2.92. The Morgan fingerprint density at radius 3 is 2.76 bits per heavy atom. The largest absolute Gasteiger partial charge is 0.442 e. The fraction of sp³-hybridized carbons (Fsp3) is 0.304. The van der Waals surface area contributed by atoms with Crippen molar-refractivity contribution < 1.29 is 18.7 Å². The summed E-state index contributed by atoms with van der Waals surface area (Å²) in [5.74, 6) is -0.636. The maximum absolute atomic E-state index is 14.9. The number of nitrogens with one attached hydrogen (secondary N) is 3. The molecule has 1 saturated heterocycles. The third-order valence-corrected chi connectivity index (χ3v) is 5.49. The van der Waals surface area contributed by atoms with Crippen molar-refractivity contribution in [2.24, 2.45) is 0 Å². The highest BCUT2D eigenvalue weighted by Gasteiger charge is 2.32. The lowest BCUT2D eigenvalue weighted by molar-refractivity contribution is -0.119. The number of carbonyl (C=O) groups is 2. The Morgan fingerprint density at radius 1 is 1.30 bits per heavy atom. The van der Waals surface area contributed by atoms with E-state index in [1.54, 1.807) is 18.3 Å². The van der Waals surface area contributed by atoms with Gasteiger partial charge in [0.15, 0.2) is 0 Å². The number of cyclic esters (lactones) is 1. The van der Waals surface area contributed by atoms with Gasteiger partial charge in [0, 0.05) is 25.1 Å². The molecule has 2 atom stereocenters. The molecule has 1 aliphatic rings. The lowest BCUT2D eigenvalue weighted by Crippen LogP contribution is -2.33. The van der Waals surface area contributed by atoms with Gasteiger partial charge in [0.25, 0.3) is 0 Å². The van der Waals surface area contributed by atoms with Crippen LogP contribution in [-0.2, 0) is 16.1 Å². The number of halogens is 1. The number of ether oxygens (including phenoxy) is 1. The number of amides is 2. The topological polar surface area (TPSA) is 112 Å². The number of hydrogen-bond donors (Lipinski definition) is 3. The molecule has 33 heavy (non-hydrogen) atoms. The normalized spacial score (nSPS) is 16.5. The van der Waals surface area contributed by atoms with Crippen molar-refractivity contribution >= 4 is 17.7 Å². The molecule has 3 N–H and O–H groups in total. The first-order chi connectivity index (χ1) is 15.9. The van der Waals surface area contributed by atoms with Gasteiger partial charge in [-0.15, -0.1) is 5.10 Å². The van der Waals surface area contributed by atoms with E-state index in [9.17, 15) is 14.0 Å². The fourth-order valence-electron chi connectivity index (χ4n) is 3.60. The van der Waals surface area contributed by atoms with Gasteiger partial charge in [-0.3, -0.25) is 14.8 Å². The van der Waals surface area contributed by atoms with E-state index in [1.807, 2.05) is 31.2 Å². The lowest BCUT2D eigenvalue weighted by Gasteiger charge is -2.15. The molecule has 10 heteroatoms. The van der Waals surface area contributed by atoms with Gasteiger partial charge < -0.3 is 15.4 Å². The molecule has 2 aromatic carbocycles. The van der Waals surface area contributed by atoms with Gasteiger partial charge in [-0.25, -0.2) is 9.18 Å². The summed E-state index contributed by atoms with van der Waals surface area (Å²) in [7, 11) is 0. The fourth-order valence-corrected chi connectivity index (χ4v) is 3.60. The first kappa shape index (κ1) is 22.4. The number of anilines is 1. The third-order valence-electron chi connectivity index (χ3n) is 5.49. The van der Waals surface area contributed by atoms with Gasteiger partial charge in [0.2, 0.25) is 5.91 Å². The highest BCUT2D eigenvalue weighted by atomic mass is 19.1. The zero-order valence-electron chi connectivity index (χ0n) is 18.3. The first-order valence-electron chi connectivity index (χ1n) is 10.6. The summed E-state index contributed by atoms with van der Waals surface area (Å²) >= 11 is 0. The average Bonchev–Trinajstić information content (AvgIpc) is 3.46. The Hall–Kier alpha value is -3.79. The van der Waals surface area contributed by atoms with Gasteiger partial charge in [-0.2, -0.15) is 0 Å². The molecular weight excluding hydrogens is 427 g/mol. The van der Waals surface area contributed by atoms with Crippen molar-refractivity contribution in [3.8, 4) is 11.1 Å². The summed E-state index contributed by atoms with van der Waals surface area (Å²) in [4.78, 5) is 24.6. The first-order valence-corrected chi connectivity index (χ1v) is 10.6. The van der Waals surface area contributed by atoms with Crippen LogP contribution in [0.1, 0.15) is 31.1 Å². The molecule has 3 aromatic rings. The summed E-state index contributed by atoms with van der Waals surface area (Å²) in [6.07, 6.45) is 0.644. The maximum Gasteiger partial charge on any atom is 0.414 e. The number of benzene rings is 2. The predicted molar refractivity (Wildman–Crippen MR) is 120 cm³/mol. The molecule has 0 spiro atoms. The second-order valence-corrected chi connectivity index (χ2v) is 7.93. The van der Waals surface area contributed by atoms with Crippen LogP contribution in [0.5, 0.6) is 0 Å². The van der Waals surface area contributed by atoms with E-state index >= 15 is 0 Å². The number of nitrogens with zero attached hydrogens (tertiary/aromatic N) is 3. The van der Waals surface area contributed by atoms with Crippen LogP contribution < -0.4 is 15.5 Å². The van der Waals surface area contributed by atoms with Gasteiger partial charge in [-0.05, 0) is 36.2 Å². The van der Waals surface area contributed by atoms with E-state index in [-0.39, 0.29) is 25.0 Å². The van der Waals surface area contributed by atoms with Crippen molar-refractivity contribution in [3.63, 3.8) is 0 Å². The molecule has 0 radical (unpaired) electrons. The number of rotatable bonds is 8. The molecule has 2 heterocycles. The van der Waals surface area contributed by atoms with Crippen LogP contribution in [0, 0.1) is 5.82 Å². The van der Waals surface area contributed by atoms with E-state index in [1.165, 1.54) is 17.9 Å². The smallest absolute Gasteiger partial charge is 0.414 e. The van der Waals surface area contributed by atoms with E-state index < -0.39 is 18.0 Å². The van der Waals surface area contributed by atoms with Gasteiger partial charge in [0.05, 0.1) is 30.7 Å². The molecule has 0 bridgehead atoms. The Morgan fingerprint density at radius 2 is 2.09 bits per heavy atom. The zero-order valence-corrected chi connectivity index (χ0v) is 18.3. The molecule has 9 nitrogen and oxygen atoms in total. The van der Waals surface area contributed by atoms with Gasteiger partial charge >= 0.3 is 6.09 Å². The molecule has 1 aromatic heterocycles. The zero-order chi connectivity index (χ0) is 23.4. The quantitative estimate of drug-likeness (QED) is 0.485. The Balaban J connectivity index is 1.39. The lowest BCUT2D eigenvalue weighted by atomic mass is 10.0. The Labute approximate surface area is 190 Å². The standard InChI is InChI=1S/C23H25FN6O3/c1-14(22-12-27-29-28-22)25-10-16-3-5-17(6-4-16)20-8-7-18(9-21(20)24)30-13-19(33-23(30)32)11-26-15(2)31/h3-9,12,14,19,25H,10-11,13H2,1-2H3,(H,26,31)(H,27,28,29)/t14?,19-/m0/s1. The van der Waals surface area contributed by atoms with Crippen LogP contribution in [0.2, 0.25) is 0 Å². The molecule has 4 rings (SSSR count). The SMILES string of the molecule is CC(=O)NC[C@H]1CN(c2ccc(-c3ccc(CNC(C)c4cnn[nH]4)cc3)c(F)c2)C(=O)O1. The number of carbonyl (C=O) groups excluding carboxylic acids is 2. The van der Waals surface area contributed by atoms with Crippen LogP contribution in [0.3, 0.4) is 0 Å². The van der Waals surface area contributed by atoms with Crippen LogP contribution in [-0.4, -0.2) is 46.6 Å². The second kappa shape index (κ2) is 9.78. The summed E-state index contributed by atoms with van der Waals surface area (Å²) in [6, 6.07) is 12.4. The monoisotopic (exact) mass is 452 g/mol. The van der Waals surface area contributed by atoms with E-state index in [4.69, 9.17) is 4.74 Å². The van der Waals surface area contributed by atoms with Crippen LogP contribution in [0.4, 0.5) is 14.9 Å². The summed E-state index contributed by atoms with van der Waals surface area (Å²) in [6.45, 7) is 4.51. The third kappa shape index (κ3) is 5.35. The molecule has 0 aliphatic carbocycles. The van der Waals surface area contributed by atoms with E-state index in [2.05, 4.69) is 26.0 Å². The molecule has 2 amide bonds.